The maximum atomic E-state index is 12.6. The van der Waals surface area contributed by atoms with Crippen molar-refractivity contribution in [3.8, 4) is 5.75 Å². The Hall–Kier alpha value is -3.12. The van der Waals surface area contributed by atoms with Crippen LogP contribution in [0.25, 0.3) is 0 Å². The maximum absolute atomic E-state index is 12.6. The molecule has 4 rings (SSSR count). The van der Waals surface area contributed by atoms with Crippen LogP contribution in [0.3, 0.4) is 0 Å². The van der Waals surface area contributed by atoms with Crippen molar-refractivity contribution in [2.45, 2.75) is 26.0 Å². The topological polar surface area (TPSA) is 65.4 Å². The van der Waals surface area contributed by atoms with E-state index in [1.54, 1.807) is 12.1 Å². The van der Waals surface area contributed by atoms with Gasteiger partial charge in [-0.2, -0.15) is 5.10 Å². The minimum Gasteiger partial charge on any atom is -0.494 e. The predicted octanol–water partition coefficient (Wildman–Crippen LogP) is 3.37. The van der Waals surface area contributed by atoms with Crippen LogP contribution in [0.15, 0.2) is 60.8 Å². The average Bonchev–Trinajstić information content (AvgIpc) is 3.16. The van der Waals surface area contributed by atoms with E-state index < -0.39 is 0 Å². The zero-order valence-electron chi connectivity index (χ0n) is 16.5. The summed E-state index contributed by atoms with van der Waals surface area (Å²) in [6.45, 7) is 4.21. The molecule has 0 saturated heterocycles. The van der Waals surface area contributed by atoms with E-state index >= 15 is 0 Å². The molecule has 6 nitrogen and oxygen atoms in total. The first kappa shape index (κ1) is 19.2. The van der Waals surface area contributed by atoms with Crippen molar-refractivity contribution in [2.75, 3.05) is 19.8 Å². The second kappa shape index (κ2) is 8.92. The summed E-state index contributed by atoms with van der Waals surface area (Å²) in [5, 5.41) is 7.71. The third kappa shape index (κ3) is 4.66. The fourth-order valence-corrected chi connectivity index (χ4v) is 3.52. The second-order valence-corrected chi connectivity index (χ2v) is 7.00. The molecule has 0 bridgehead atoms. The lowest BCUT2D eigenvalue weighted by Gasteiger charge is -2.22. The number of nitrogens with zero attached hydrogens (tertiary/aromatic N) is 2. The summed E-state index contributed by atoms with van der Waals surface area (Å²) in [4.78, 5) is 12.6. The molecular weight excluding hydrogens is 366 g/mol. The van der Waals surface area contributed by atoms with Crippen molar-refractivity contribution in [3.63, 3.8) is 0 Å². The summed E-state index contributed by atoms with van der Waals surface area (Å²) >= 11 is 0. The highest BCUT2D eigenvalue weighted by atomic mass is 16.5. The van der Waals surface area contributed by atoms with Crippen LogP contribution in [0.2, 0.25) is 0 Å². The third-order valence-electron chi connectivity index (χ3n) is 4.91. The van der Waals surface area contributed by atoms with E-state index in [1.165, 1.54) is 11.1 Å². The van der Waals surface area contributed by atoms with Crippen molar-refractivity contribution in [3.05, 3.63) is 83.2 Å². The van der Waals surface area contributed by atoms with Gasteiger partial charge >= 0.3 is 0 Å². The maximum Gasteiger partial charge on any atom is 0.251 e. The Morgan fingerprint density at radius 3 is 2.93 bits per heavy atom. The molecule has 0 aliphatic carbocycles. The summed E-state index contributed by atoms with van der Waals surface area (Å²) in [6.07, 6.45) is 2.69. The van der Waals surface area contributed by atoms with Crippen molar-refractivity contribution < 1.29 is 14.3 Å². The molecule has 0 fully saturated rings. The molecule has 29 heavy (non-hydrogen) atoms. The Labute approximate surface area is 170 Å². The molecule has 1 aromatic heterocycles. The average molecular weight is 391 g/mol. The molecular formula is C23H25N3O3. The van der Waals surface area contributed by atoms with Gasteiger partial charge in [-0.15, -0.1) is 0 Å². The van der Waals surface area contributed by atoms with E-state index in [-0.39, 0.29) is 12.0 Å². The third-order valence-corrected chi connectivity index (χ3v) is 4.91. The molecule has 1 aliphatic rings. The van der Waals surface area contributed by atoms with Gasteiger partial charge in [-0.25, -0.2) is 0 Å². The fraction of sp³-hybridized carbons (Fsp3) is 0.304. The Morgan fingerprint density at radius 2 is 2.10 bits per heavy atom. The van der Waals surface area contributed by atoms with Crippen LogP contribution in [-0.4, -0.2) is 35.4 Å². The number of nitrogens with one attached hydrogen (secondary N) is 1. The molecule has 1 aliphatic heterocycles. The van der Waals surface area contributed by atoms with Gasteiger partial charge in [0, 0.05) is 18.3 Å². The first-order valence-corrected chi connectivity index (χ1v) is 9.95. The summed E-state index contributed by atoms with van der Waals surface area (Å²) in [5.74, 6) is 0.544. The number of hydrogen-bond donors (Lipinski definition) is 1. The zero-order chi connectivity index (χ0) is 20.1. The molecule has 3 aromatic rings. The quantitative estimate of drug-likeness (QED) is 0.671. The van der Waals surface area contributed by atoms with Gasteiger partial charge in [0.25, 0.3) is 5.91 Å². The first-order valence-electron chi connectivity index (χ1n) is 9.95. The van der Waals surface area contributed by atoms with Gasteiger partial charge in [-0.3, -0.25) is 9.48 Å². The number of aromatic nitrogens is 2. The lowest BCUT2D eigenvalue weighted by Crippen LogP contribution is -2.32. The number of carbonyl (C=O) groups excluding carboxylic acids is 1. The minimum atomic E-state index is -0.241. The molecule has 6 heteroatoms. The lowest BCUT2D eigenvalue weighted by atomic mass is 10.1. The SMILES string of the molecule is CCOc1cccc(C(=O)NC[C@H]2OCCc3cn(Cc4ccccc4)nc32)c1. The molecule has 2 aromatic carbocycles. The summed E-state index contributed by atoms with van der Waals surface area (Å²) < 4.78 is 13.3. The molecule has 0 spiro atoms. The van der Waals surface area contributed by atoms with Crippen LogP contribution in [0.5, 0.6) is 5.75 Å². The molecule has 1 atom stereocenters. The van der Waals surface area contributed by atoms with Crippen LogP contribution in [0.1, 0.15) is 40.2 Å². The van der Waals surface area contributed by atoms with Crippen molar-refractivity contribution in [1.29, 1.82) is 0 Å². The largest absolute Gasteiger partial charge is 0.494 e. The Bertz CT molecular complexity index is 969. The first-order chi connectivity index (χ1) is 14.2. The smallest absolute Gasteiger partial charge is 0.251 e. The van der Waals surface area contributed by atoms with E-state index in [4.69, 9.17) is 14.6 Å². The fourth-order valence-electron chi connectivity index (χ4n) is 3.52. The number of amides is 1. The number of rotatable bonds is 7. The summed E-state index contributed by atoms with van der Waals surface area (Å²) in [6, 6.07) is 17.4. The van der Waals surface area contributed by atoms with E-state index in [1.807, 2.05) is 41.9 Å². The lowest BCUT2D eigenvalue weighted by molar-refractivity contribution is 0.0383. The van der Waals surface area contributed by atoms with E-state index in [0.29, 0.717) is 31.1 Å². The highest BCUT2D eigenvalue weighted by Crippen LogP contribution is 2.25. The molecule has 0 saturated carbocycles. The molecule has 0 unspecified atom stereocenters. The number of fused-ring (bicyclic) bond motifs is 1. The Kier molecular flexibility index (Phi) is 5.91. The predicted molar refractivity (Wildman–Crippen MR) is 110 cm³/mol. The van der Waals surface area contributed by atoms with E-state index in [9.17, 15) is 4.79 Å². The molecule has 1 N–H and O–H groups in total. The van der Waals surface area contributed by atoms with Crippen LogP contribution in [-0.2, 0) is 17.7 Å². The van der Waals surface area contributed by atoms with Gasteiger partial charge in [-0.1, -0.05) is 36.4 Å². The van der Waals surface area contributed by atoms with Crippen molar-refractivity contribution in [2.24, 2.45) is 0 Å². The van der Waals surface area contributed by atoms with Gasteiger partial charge in [0.15, 0.2) is 0 Å². The van der Waals surface area contributed by atoms with Gasteiger partial charge in [-0.05, 0) is 42.7 Å². The molecule has 2 heterocycles. The van der Waals surface area contributed by atoms with Crippen molar-refractivity contribution in [1.82, 2.24) is 15.1 Å². The van der Waals surface area contributed by atoms with Crippen LogP contribution >= 0.6 is 0 Å². The number of hydrogen-bond acceptors (Lipinski definition) is 4. The standard InChI is InChI=1S/C23H25N3O3/c1-2-28-20-10-6-9-18(13-20)23(27)24-14-21-22-19(11-12-29-21)16-26(25-22)15-17-7-4-3-5-8-17/h3-10,13,16,21H,2,11-12,14-15H2,1H3,(H,24,27)/t21-/m1/s1. The summed E-state index contributed by atoms with van der Waals surface area (Å²) in [5.41, 5.74) is 3.87. The van der Waals surface area contributed by atoms with Gasteiger partial charge in [0.1, 0.15) is 11.9 Å². The molecule has 150 valence electrons. The second-order valence-electron chi connectivity index (χ2n) is 7.00. The normalized spacial score (nSPS) is 15.6. The summed E-state index contributed by atoms with van der Waals surface area (Å²) in [7, 11) is 0. The van der Waals surface area contributed by atoms with Gasteiger partial charge in [0.05, 0.1) is 25.5 Å². The molecule has 1 amide bonds. The number of benzene rings is 2. The Morgan fingerprint density at radius 1 is 1.24 bits per heavy atom. The Balaban J connectivity index is 1.42. The van der Waals surface area contributed by atoms with E-state index in [0.717, 1.165) is 18.7 Å². The van der Waals surface area contributed by atoms with E-state index in [2.05, 4.69) is 23.6 Å². The number of carbonyl (C=O) groups is 1. The highest BCUT2D eigenvalue weighted by molar-refractivity contribution is 5.94. The van der Waals surface area contributed by atoms with Crippen molar-refractivity contribution >= 4 is 5.91 Å². The monoisotopic (exact) mass is 391 g/mol. The van der Waals surface area contributed by atoms with Crippen LogP contribution in [0, 0.1) is 0 Å². The highest BCUT2D eigenvalue weighted by Gasteiger charge is 2.25. The van der Waals surface area contributed by atoms with Crippen LogP contribution in [0.4, 0.5) is 0 Å². The zero-order valence-corrected chi connectivity index (χ0v) is 16.5. The van der Waals surface area contributed by atoms with Gasteiger partial charge in [0.2, 0.25) is 0 Å². The van der Waals surface area contributed by atoms with Crippen LogP contribution < -0.4 is 10.1 Å². The minimum absolute atomic E-state index is 0.147. The van der Waals surface area contributed by atoms with Gasteiger partial charge < -0.3 is 14.8 Å². The molecule has 0 radical (unpaired) electrons. The number of ether oxygens (including phenoxy) is 2.